The number of unbranched alkanes of at least 4 members (excludes halogenated alkanes) is 7. The van der Waals surface area contributed by atoms with Gasteiger partial charge in [-0.05, 0) is 12.8 Å². The van der Waals surface area contributed by atoms with Gasteiger partial charge in [0.15, 0.2) is 0 Å². The van der Waals surface area contributed by atoms with Crippen molar-refractivity contribution in [2.45, 2.75) is 63.9 Å². The molecule has 0 spiro atoms. The molecule has 0 saturated carbocycles. The third-order valence-electron chi connectivity index (χ3n) is 3.17. The maximum Gasteiger partial charge on any atom is 0.217 e. The fraction of sp³-hybridized carbons (Fsp3) is 0.929. The molecule has 0 radical (unpaired) electrons. The third kappa shape index (κ3) is 10.5. The molecule has 0 aromatic carbocycles. The smallest absolute Gasteiger partial charge is 0.217 e. The van der Waals surface area contributed by atoms with E-state index in [4.69, 9.17) is 15.2 Å². The minimum Gasteiger partial charge on any atom is -0.379 e. The molecule has 1 aliphatic heterocycles. The molecule has 0 aromatic heterocycles. The molecule has 1 amide bonds. The normalized spacial score (nSPS) is 17.9. The molecule has 1 atom stereocenters. The van der Waals surface area contributed by atoms with E-state index in [9.17, 15) is 4.79 Å². The van der Waals surface area contributed by atoms with Crippen LogP contribution in [0.5, 0.6) is 0 Å². The van der Waals surface area contributed by atoms with E-state index in [2.05, 4.69) is 0 Å². The van der Waals surface area contributed by atoms with Gasteiger partial charge in [0.2, 0.25) is 5.91 Å². The summed E-state index contributed by atoms with van der Waals surface area (Å²) in [6.45, 7) is 2.54. The Morgan fingerprint density at radius 3 is 2.17 bits per heavy atom. The van der Waals surface area contributed by atoms with Gasteiger partial charge in [-0.1, -0.05) is 38.5 Å². The Kier molecular flexibility index (Phi) is 8.86. The molecule has 1 aliphatic rings. The number of epoxide rings is 1. The number of carbonyl (C=O) groups excluding carboxylic acids is 1. The van der Waals surface area contributed by atoms with E-state index in [0.717, 1.165) is 39.1 Å². The van der Waals surface area contributed by atoms with Gasteiger partial charge in [-0.2, -0.15) is 0 Å². The van der Waals surface area contributed by atoms with E-state index < -0.39 is 0 Å². The van der Waals surface area contributed by atoms with Crippen molar-refractivity contribution in [2.75, 3.05) is 19.8 Å². The van der Waals surface area contributed by atoms with Crippen LogP contribution in [0.2, 0.25) is 0 Å². The summed E-state index contributed by atoms with van der Waals surface area (Å²) in [4.78, 5) is 10.5. The lowest BCUT2D eigenvalue weighted by molar-refractivity contribution is -0.118. The summed E-state index contributed by atoms with van der Waals surface area (Å²) in [5.41, 5.74) is 5.08. The Balaban J connectivity index is 1.64. The Morgan fingerprint density at radius 1 is 1.06 bits per heavy atom. The van der Waals surface area contributed by atoms with Crippen LogP contribution in [0.15, 0.2) is 0 Å². The van der Waals surface area contributed by atoms with Gasteiger partial charge in [0, 0.05) is 13.0 Å². The summed E-state index contributed by atoms with van der Waals surface area (Å²) in [7, 11) is 0. The van der Waals surface area contributed by atoms with Crippen molar-refractivity contribution in [1.29, 1.82) is 0 Å². The summed E-state index contributed by atoms with van der Waals surface area (Å²) in [6, 6.07) is 0. The molecule has 0 bridgehead atoms. The highest BCUT2D eigenvalue weighted by Gasteiger charge is 2.21. The van der Waals surface area contributed by atoms with Gasteiger partial charge in [0.05, 0.1) is 13.2 Å². The lowest BCUT2D eigenvalue weighted by Gasteiger charge is -2.03. The lowest BCUT2D eigenvalue weighted by Crippen LogP contribution is -2.09. The quantitative estimate of drug-likeness (QED) is 0.407. The van der Waals surface area contributed by atoms with Gasteiger partial charge < -0.3 is 15.2 Å². The molecule has 4 nitrogen and oxygen atoms in total. The van der Waals surface area contributed by atoms with Crippen LogP contribution >= 0.6 is 0 Å². The van der Waals surface area contributed by atoms with Crippen LogP contribution in [-0.2, 0) is 14.3 Å². The Morgan fingerprint density at radius 2 is 1.61 bits per heavy atom. The van der Waals surface area contributed by atoms with Crippen molar-refractivity contribution in [3.8, 4) is 0 Å². The summed E-state index contributed by atoms with van der Waals surface area (Å²) in [5, 5.41) is 0. The fourth-order valence-electron chi connectivity index (χ4n) is 1.94. The number of carbonyl (C=O) groups is 1. The largest absolute Gasteiger partial charge is 0.379 e. The summed E-state index contributed by atoms with van der Waals surface area (Å²) < 4.78 is 10.5. The lowest BCUT2D eigenvalue weighted by atomic mass is 10.1. The van der Waals surface area contributed by atoms with Gasteiger partial charge in [-0.15, -0.1) is 0 Å². The maximum atomic E-state index is 10.5. The van der Waals surface area contributed by atoms with Crippen LogP contribution in [0.1, 0.15) is 57.8 Å². The first kappa shape index (κ1) is 15.4. The van der Waals surface area contributed by atoms with Gasteiger partial charge in [0.1, 0.15) is 6.10 Å². The highest BCUT2D eigenvalue weighted by molar-refractivity contribution is 5.73. The van der Waals surface area contributed by atoms with Gasteiger partial charge >= 0.3 is 0 Å². The molecule has 0 aromatic rings. The second kappa shape index (κ2) is 10.3. The Hall–Kier alpha value is -0.610. The zero-order chi connectivity index (χ0) is 13.1. The molecular weight excluding hydrogens is 230 g/mol. The number of hydrogen-bond acceptors (Lipinski definition) is 3. The minimum absolute atomic E-state index is 0.174. The van der Waals surface area contributed by atoms with Crippen LogP contribution in [0, 0.1) is 0 Å². The van der Waals surface area contributed by atoms with Crippen molar-refractivity contribution in [2.24, 2.45) is 5.73 Å². The number of amides is 1. The molecule has 1 heterocycles. The molecule has 18 heavy (non-hydrogen) atoms. The van der Waals surface area contributed by atoms with E-state index in [1.165, 1.54) is 32.1 Å². The molecule has 2 N–H and O–H groups in total. The van der Waals surface area contributed by atoms with Crippen molar-refractivity contribution in [3.63, 3.8) is 0 Å². The number of primary amides is 1. The second-order valence-corrected chi connectivity index (χ2v) is 5.07. The first-order valence-corrected chi connectivity index (χ1v) is 7.26. The van der Waals surface area contributed by atoms with E-state index in [0.29, 0.717) is 12.5 Å². The summed E-state index contributed by atoms with van der Waals surface area (Å²) >= 11 is 0. The highest BCUT2D eigenvalue weighted by atomic mass is 16.6. The number of nitrogens with two attached hydrogens (primary N) is 1. The molecule has 1 unspecified atom stereocenters. The minimum atomic E-state index is -0.174. The monoisotopic (exact) mass is 257 g/mol. The maximum absolute atomic E-state index is 10.5. The topological polar surface area (TPSA) is 64.9 Å². The van der Waals surface area contributed by atoms with E-state index in [1.54, 1.807) is 0 Å². The van der Waals surface area contributed by atoms with Crippen molar-refractivity contribution in [3.05, 3.63) is 0 Å². The summed E-state index contributed by atoms with van der Waals surface area (Å²) in [6.07, 6.45) is 10.5. The molecule has 1 fully saturated rings. The zero-order valence-corrected chi connectivity index (χ0v) is 11.4. The van der Waals surface area contributed by atoms with Crippen molar-refractivity contribution in [1.82, 2.24) is 0 Å². The Labute approximate surface area is 110 Å². The molecular formula is C14H27NO3. The van der Waals surface area contributed by atoms with E-state index >= 15 is 0 Å². The second-order valence-electron chi connectivity index (χ2n) is 5.07. The van der Waals surface area contributed by atoms with Gasteiger partial charge in [-0.3, -0.25) is 4.79 Å². The average molecular weight is 257 g/mol. The van der Waals surface area contributed by atoms with Crippen LogP contribution in [0.4, 0.5) is 0 Å². The Bertz CT molecular complexity index is 217. The predicted octanol–water partition coefficient (Wildman–Crippen LogP) is 2.40. The molecule has 1 saturated heterocycles. The first-order chi connectivity index (χ1) is 8.79. The predicted molar refractivity (Wildman–Crippen MR) is 71.3 cm³/mol. The van der Waals surface area contributed by atoms with Gasteiger partial charge in [-0.25, -0.2) is 0 Å². The molecule has 1 rings (SSSR count). The number of ether oxygens (including phenoxy) is 2. The standard InChI is InChI=1S/C14H27NO3/c15-14(16)9-7-5-3-1-2-4-6-8-10-17-11-13-12-18-13/h13H,1-12H2,(H2,15,16). The molecule has 4 heteroatoms. The van der Waals surface area contributed by atoms with E-state index in [-0.39, 0.29) is 5.91 Å². The van der Waals surface area contributed by atoms with E-state index in [1.807, 2.05) is 0 Å². The third-order valence-corrected chi connectivity index (χ3v) is 3.17. The van der Waals surface area contributed by atoms with Crippen LogP contribution < -0.4 is 5.73 Å². The number of rotatable bonds is 13. The van der Waals surface area contributed by atoms with Crippen LogP contribution in [-0.4, -0.2) is 31.8 Å². The van der Waals surface area contributed by atoms with Crippen molar-refractivity contribution >= 4 is 5.91 Å². The summed E-state index contributed by atoms with van der Waals surface area (Å²) in [5.74, 6) is -0.174. The first-order valence-electron chi connectivity index (χ1n) is 7.26. The van der Waals surface area contributed by atoms with Gasteiger partial charge in [0.25, 0.3) is 0 Å². The number of hydrogen-bond donors (Lipinski definition) is 1. The zero-order valence-electron chi connectivity index (χ0n) is 11.4. The molecule has 106 valence electrons. The highest BCUT2D eigenvalue weighted by Crippen LogP contribution is 2.11. The molecule has 0 aliphatic carbocycles. The van der Waals surface area contributed by atoms with Crippen LogP contribution in [0.25, 0.3) is 0 Å². The van der Waals surface area contributed by atoms with Crippen molar-refractivity contribution < 1.29 is 14.3 Å². The SMILES string of the molecule is NC(=O)CCCCCCCCCCOCC1CO1. The average Bonchev–Trinajstić information content (AvgIpc) is 3.14. The fourth-order valence-corrected chi connectivity index (χ4v) is 1.94. The van der Waals surface area contributed by atoms with Crippen LogP contribution in [0.3, 0.4) is 0 Å².